The summed E-state index contributed by atoms with van der Waals surface area (Å²) in [6.45, 7) is 2.04. The molecular formula is C8H13F3N2O6S2. The van der Waals surface area contributed by atoms with Gasteiger partial charge in [0.15, 0.2) is 0 Å². The summed E-state index contributed by atoms with van der Waals surface area (Å²) in [4.78, 5) is 6.09. The molecule has 0 bridgehead atoms. The normalized spacial score (nSPS) is 12.7. The monoisotopic (exact) mass is 354 g/mol. The Labute approximate surface area is 118 Å². The van der Waals surface area contributed by atoms with Gasteiger partial charge in [-0.05, 0) is 12.8 Å². The van der Waals surface area contributed by atoms with E-state index in [4.69, 9.17) is 17.5 Å². The summed E-state index contributed by atoms with van der Waals surface area (Å²) in [5.74, 6) is 0. The van der Waals surface area contributed by atoms with Crippen LogP contribution in [-0.2, 0) is 26.7 Å². The van der Waals surface area contributed by atoms with Gasteiger partial charge in [0.2, 0.25) is 0 Å². The second-order valence-corrected chi connectivity index (χ2v) is 6.46. The quantitative estimate of drug-likeness (QED) is 0.549. The van der Waals surface area contributed by atoms with Crippen molar-refractivity contribution in [1.29, 1.82) is 0 Å². The number of hydrogen-bond donors (Lipinski definition) is 3. The van der Waals surface area contributed by atoms with Crippen LogP contribution in [0.15, 0.2) is 11.4 Å². The summed E-state index contributed by atoms with van der Waals surface area (Å²) in [6.07, 6.45) is 4.17. The molecule has 3 N–H and O–H groups in total. The summed E-state index contributed by atoms with van der Waals surface area (Å²) in [5.41, 5.74) is -4.80. The highest BCUT2D eigenvalue weighted by molar-refractivity contribution is 7.86. The Morgan fingerprint density at radius 2 is 1.71 bits per heavy atom. The van der Waals surface area contributed by atoms with Crippen molar-refractivity contribution in [3.63, 3.8) is 0 Å². The lowest BCUT2D eigenvalue weighted by molar-refractivity contribution is -0.0510. The molecule has 0 saturated carbocycles. The molecule has 0 atom stereocenters. The van der Waals surface area contributed by atoms with Crippen molar-refractivity contribution in [3.05, 3.63) is 11.9 Å². The van der Waals surface area contributed by atoms with E-state index in [1.165, 1.54) is 6.20 Å². The molecule has 124 valence electrons. The van der Waals surface area contributed by atoms with Gasteiger partial charge in [0.25, 0.3) is 5.16 Å². The molecule has 8 nitrogen and oxygen atoms in total. The highest BCUT2D eigenvalue weighted by Crippen LogP contribution is 2.20. The minimum atomic E-state index is -5.84. The van der Waals surface area contributed by atoms with Crippen LogP contribution >= 0.6 is 0 Å². The van der Waals surface area contributed by atoms with E-state index in [0.29, 0.717) is 0 Å². The maximum absolute atomic E-state index is 10.7. The zero-order valence-electron chi connectivity index (χ0n) is 10.6. The Balaban J connectivity index is 0.000000433. The average Bonchev–Trinajstić information content (AvgIpc) is 2.72. The fourth-order valence-electron chi connectivity index (χ4n) is 0.964. The molecular weight excluding hydrogens is 341 g/mol. The van der Waals surface area contributed by atoms with Crippen molar-refractivity contribution in [3.8, 4) is 0 Å². The third-order valence-corrected chi connectivity index (χ3v) is 3.22. The van der Waals surface area contributed by atoms with Gasteiger partial charge in [-0.2, -0.15) is 30.0 Å². The molecule has 0 saturated heterocycles. The van der Waals surface area contributed by atoms with Gasteiger partial charge in [-0.1, -0.05) is 13.3 Å². The van der Waals surface area contributed by atoms with E-state index in [2.05, 4.69) is 9.97 Å². The lowest BCUT2D eigenvalue weighted by atomic mass is 10.2. The standard InChI is InChI=1S/C7H12N2O3S.CHF3O3S/c1-2-3-4-6-5-8-7(9-6)13(10,11)12;2-1(3,4)8(5,6)7/h5H,2-4H2,1H3,(H,8,9)(H,10,11,12);(H,5,6,7). The van der Waals surface area contributed by atoms with Crippen LogP contribution < -0.4 is 0 Å². The van der Waals surface area contributed by atoms with Crippen LogP contribution in [0.25, 0.3) is 0 Å². The van der Waals surface area contributed by atoms with E-state index in [-0.39, 0.29) is 5.16 Å². The number of hydrogen-bond acceptors (Lipinski definition) is 5. The predicted molar refractivity (Wildman–Crippen MR) is 64.6 cm³/mol. The number of imidazole rings is 1. The highest BCUT2D eigenvalue weighted by Gasteiger charge is 2.44. The maximum Gasteiger partial charge on any atom is 0.522 e. The summed E-state index contributed by atoms with van der Waals surface area (Å²) in [6, 6.07) is 0. The first-order valence-electron chi connectivity index (χ1n) is 5.34. The minimum absolute atomic E-state index is 0.376. The molecule has 0 spiro atoms. The van der Waals surface area contributed by atoms with Crippen molar-refractivity contribution in [2.75, 3.05) is 0 Å². The third-order valence-electron chi connectivity index (χ3n) is 1.94. The fraction of sp³-hybridized carbons (Fsp3) is 0.625. The maximum atomic E-state index is 10.7. The Morgan fingerprint density at radius 1 is 1.24 bits per heavy atom. The lowest BCUT2D eigenvalue weighted by Gasteiger charge is -1.97. The second-order valence-electron chi connectivity index (χ2n) is 3.71. The molecule has 0 aliphatic heterocycles. The number of rotatable bonds is 4. The van der Waals surface area contributed by atoms with Crippen LogP contribution in [0, 0.1) is 0 Å². The summed E-state index contributed by atoms with van der Waals surface area (Å²) < 4.78 is 87.3. The van der Waals surface area contributed by atoms with Crippen molar-refractivity contribution in [2.45, 2.75) is 36.9 Å². The molecule has 0 amide bonds. The van der Waals surface area contributed by atoms with Crippen LogP contribution in [0.4, 0.5) is 13.2 Å². The molecule has 0 aliphatic rings. The molecule has 1 rings (SSSR count). The smallest absolute Gasteiger partial charge is 0.331 e. The van der Waals surface area contributed by atoms with Crippen molar-refractivity contribution in [2.24, 2.45) is 0 Å². The van der Waals surface area contributed by atoms with Crippen LogP contribution in [-0.4, -0.2) is 41.4 Å². The van der Waals surface area contributed by atoms with Gasteiger partial charge in [0.1, 0.15) is 0 Å². The van der Waals surface area contributed by atoms with E-state index >= 15 is 0 Å². The van der Waals surface area contributed by atoms with Crippen molar-refractivity contribution < 1.29 is 39.1 Å². The number of nitrogens with one attached hydrogen (secondary N) is 1. The summed E-state index contributed by atoms with van der Waals surface area (Å²) in [7, 11) is -10.0. The summed E-state index contributed by atoms with van der Waals surface area (Å²) >= 11 is 0. The van der Waals surface area contributed by atoms with E-state index in [1.54, 1.807) is 0 Å². The van der Waals surface area contributed by atoms with Crippen LogP contribution in [0.1, 0.15) is 25.5 Å². The van der Waals surface area contributed by atoms with Gasteiger partial charge in [-0.25, -0.2) is 4.98 Å². The summed E-state index contributed by atoms with van der Waals surface area (Å²) in [5, 5.41) is -0.376. The molecule has 0 radical (unpaired) electrons. The van der Waals surface area contributed by atoms with E-state index in [9.17, 15) is 21.6 Å². The number of aromatic nitrogens is 2. The molecule has 21 heavy (non-hydrogen) atoms. The van der Waals surface area contributed by atoms with E-state index < -0.39 is 25.7 Å². The van der Waals surface area contributed by atoms with Crippen LogP contribution in [0.3, 0.4) is 0 Å². The fourth-order valence-corrected chi connectivity index (χ4v) is 1.41. The van der Waals surface area contributed by atoms with Gasteiger partial charge in [0.05, 0.1) is 0 Å². The Hall–Kier alpha value is -1.18. The van der Waals surface area contributed by atoms with Crippen molar-refractivity contribution >= 4 is 20.2 Å². The number of unbranched alkanes of at least 4 members (excludes halogenated alkanes) is 1. The SMILES string of the molecule is CCCCc1cnc(S(=O)(=O)O)[nH]1.O=S(=O)(O)C(F)(F)F. The molecule has 1 heterocycles. The lowest BCUT2D eigenvalue weighted by Crippen LogP contribution is -2.21. The first-order chi connectivity index (χ1) is 9.29. The first-order valence-corrected chi connectivity index (χ1v) is 8.22. The average molecular weight is 354 g/mol. The van der Waals surface area contributed by atoms with Gasteiger partial charge >= 0.3 is 25.7 Å². The number of halogens is 3. The molecule has 1 aromatic heterocycles. The number of aryl methyl sites for hydroxylation is 1. The number of H-pyrrole nitrogens is 1. The Kier molecular flexibility index (Phi) is 6.79. The Bertz CT molecular complexity index is 650. The largest absolute Gasteiger partial charge is 0.522 e. The number of nitrogens with zero attached hydrogens (tertiary/aromatic N) is 1. The zero-order chi connectivity index (χ0) is 16.9. The van der Waals surface area contributed by atoms with E-state index in [0.717, 1.165) is 25.0 Å². The highest BCUT2D eigenvalue weighted by atomic mass is 32.2. The van der Waals surface area contributed by atoms with Crippen LogP contribution in [0.5, 0.6) is 0 Å². The third kappa shape index (κ3) is 7.40. The first kappa shape index (κ1) is 19.8. The van der Waals surface area contributed by atoms with Crippen LogP contribution in [0.2, 0.25) is 0 Å². The second kappa shape index (κ2) is 7.20. The molecule has 13 heteroatoms. The number of alkyl halides is 3. The van der Waals surface area contributed by atoms with Crippen molar-refractivity contribution in [1.82, 2.24) is 9.97 Å². The molecule has 1 aromatic rings. The van der Waals surface area contributed by atoms with E-state index in [1.807, 2.05) is 6.92 Å². The molecule has 0 unspecified atom stereocenters. The van der Waals surface area contributed by atoms with Gasteiger partial charge in [0, 0.05) is 11.9 Å². The molecule has 0 aliphatic carbocycles. The number of aromatic amines is 1. The zero-order valence-corrected chi connectivity index (χ0v) is 12.3. The minimum Gasteiger partial charge on any atom is -0.331 e. The molecule has 0 fully saturated rings. The molecule has 0 aromatic carbocycles. The van der Waals surface area contributed by atoms with Gasteiger partial charge in [-0.15, -0.1) is 0 Å². The Morgan fingerprint density at radius 3 is 2.00 bits per heavy atom. The van der Waals surface area contributed by atoms with Gasteiger partial charge in [-0.3, -0.25) is 9.11 Å². The topological polar surface area (TPSA) is 137 Å². The van der Waals surface area contributed by atoms with Gasteiger partial charge < -0.3 is 4.98 Å². The predicted octanol–water partition coefficient (Wildman–Crippen LogP) is 1.39.